The number of aromatic nitrogens is 2. The van der Waals surface area contributed by atoms with Crippen LogP contribution in [0.1, 0.15) is 24.2 Å². The zero-order chi connectivity index (χ0) is 14.5. The molecule has 0 aliphatic heterocycles. The van der Waals surface area contributed by atoms with E-state index in [1.54, 1.807) is 24.3 Å². The zero-order valence-electron chi connectivity index (χ0n) is 11.4. The highest BCUT2D eigenvalue weighted by molar-refractivity contribution is 5.88. The van der Waals surface area contributed by atoms with Crippen molar-refractivity contribution >= 4 is 17.0 Å². The van der Waals surface area contributed by atoms with Gasteiger partial charge in [-0.05, 0) is 24.3 Å². The van der Waals surface area contributed by atoms with Gasteiger partial charge in [0.1, 0.15) is 5.82 Å². The molecule has 0 spiro atoms. The van der Waals surface area contributed by atoms with Crippen molar-refractivity contribution in [3.8, 4) is 11.4 Å². The summed E-state index contributed by atoms with van der Waals surface area (Å²) in [6, 6.07) is 14.4. The predicted molar refractivity (Wildman–Crippen MR) is 79.8 cm³/mol. The number of para-hydroxylation sites is 2. The van der Waals surface area contributed by atoms with Crippen LogP contribution in [-0.2, 0) is 0 Å². The Kier molecular flexibility index (Phi) is 4.15. The first-order valence-corrected chi connectivity index (χ1v) is 6.52. The first-order valence-electron chi connectivity index (χ1n) is 6.52. The molecule has 102 valence electrons. The number of benzene rings is 2. The molecular weight excluding hydrogens is 252 g/mol. The van der Waals surface area contributed by atoms with Gasteiger partial charge in [-0.15, -0.1) is 0 Å². The maximum absolute atomic E-state index is 10.8. The molecule has 0 radical (unpaired) electrons. The third kappa shape index (κ3) is 2.69. The Hall–Kier alpha value is -2.62. The van der Waals surface area contributed by atoms with Crippen molar-refractivity contribution in [2.45, 2.75) is 13.8 Å². The van der Waals surface area contributed by atoms with E-state index in [1.807, 2.05) is 38.1 Å². The molecule has 0 amide bonds. The molecule has 2 aromatic carbocycles. The number of imidazole rings is 1. The molecular formula is C16H16N2O2. The average Bonchev–Trinajstić information content (AvgIpc) is 2.93. The molecule has 1 aromatic heterocycles. The number of rotatable bonds is 2. The lowest BCUT2D eigenvalue weighted by Crippen LogP contribution is -1.95. The van der Waals surface area contributed by atoms with E-state index in [0.29, 0.717) is 0 Å². The Balaban J connectivity index is 0.000000704. The minimum Gasteiger partial charge on any atom is -0.478 e. The van der Waals surface area contributed by atoms with Crippen molar-refractivity contribution < 1.29 is 9.90 Å². The Morgan fingerprint density at radius 2 is 1.70 bits per heavy atom. The highest BCUT2D eigenvalue weighted by Crippen LogP contribution is 2.20. The van der Waals surface area contributed by atoms with Crippen molar-refractivity contribution in [1.29, 1.82) is 0 Å². The maximum Gasteiger partial charge on any atom is 0.335 e. The lowest BCUT2D eigenvalue weighted by molar-refractivity contribution is 0.0697. The summed E-state index contributed by atoms with van der Waals surface area (Å²) in [7, 11) is 0. The van der Waals surface area contributed by atoms with Crippen molar-refractivity contribution in [3.63, 3.8) is 0 Å². The third-order valence-electron chi connectivity index (χ3n) is 2.79. The number of aromatic amines is 1. The van der Waals surface area contributed by atoms with Gasteiger partial charge in [0.2, 0.25) is 0 Å². The van der Waals surface area contributed by atoms with E-state index in [-0.39, 0.29) is 5.56 Å². The normalized spacial score (nSPS) is 9.90. The number of hydrogen-bond acceptors (Lipinski definition) is 2. The number of aromatic carboxylic acids is 1. The van der Waals surface area contributed by atoms with Crippen molar-refractivity contribution in [2.24, 2.45) is 0 Å². The van der Waals surface area contributed by atoms with Gasteiger partial charge in [-0.3, -0.25) is 0 Å². The standard InChI is InChI=1S/C14H10N2O2.C2H6/c17-14(18)10-7-5-9(6-8-10)13-15-11-3-1-2-4-12(11)16-13;1-2/h1-8H,(H,15,16)(H,17,18);1-2H3. The molecule has 0 aliphatic rings. The number of H-pyrrole nitrogens is 1. The van der Waals surface area contributed by atoms with Gasteiger partial charge in [-0.25, -0.2) is 9.78 Å². The predicted octanol–water partition coefficient (Wildman–Crippen LogP) is 3.95. The molecule has 0 atom stereocenters. The highest BCUT2D eigenvalue weighted by Gasteiger charge is 2.06. The van der Waals surface area contributed by atoms with E-state index in [2.05, 4.69) is 9.97 Å². The monoisotopic (exact) mass is 268 g/mol. The molecule has 0 aliphatic carbocycles. The molecule has 0 fully saturated rings. The zero-order valence-corrected chi connectivity index (χ0v) is 11.4. The van der Waals surface area contributed by atoms with Crippen LogP contribution in [0.3, 0.4) is 0 Å². The average molecular weight is 268 g/mol. The van der Waals surface area contributed by atoms with Crippen LogP contribution in [0, 0.1) is 0 Å². The molecule has 20 heavy (non-hydrogen) atoms. The fourth-order valence-electron chi connectivity index (χ4n) is 1.86. The molecule has 4 heteroatoms. The van der Waals surface area contributed by atoms with E-state index < -0.39 is 5.97 Å². The Labute approximate surface area is 117 Å². The minimum absolute atomic E-state index is 0.273. The number of fused-ring (bicyclic) bond motifs is 1. The topological polar surface area (TPSA) is 66.0 Å². The summed E-state index contributed by atoms with van der Waals surface area (Å²) in [6.45, 7) is 4.00. The van der Waals surface area contributed by atoms with Crippen LogP contribution in [-0.4, -0.2) is 21.0 Å². The number of nitrogens with one attached hydrogen (secondary N) is 1. The molecule has 0 saturated heterocycles. The SMILES string of the molecule is CC.O=C(O)c1ccc(-c2nc3ccccc3[nH]2)cc1. The van der Waals surface area contributed by atoms with Gasteiger partial charge in [0.05, 0.1) is 16.6 Å². The Morgan fingerprint density at radius 1 is 1.05 bits per heavy atom. The van der Waals surface area contributed by atoms with Crippen molar-refractivity contribution in [3.05, 3.63) is 54.1 Å². The fourth-order valence-corrected chi connectivity index (χ4v) is 1.86. The number of hydrogen-bond donors (Lipinski definition) is 2. The Morgan fingerprint density at radius 3 is 2.30 bits per heavy atom. The second kappa shape index (κ2) is 6.02. The van der Waals surface area contributed by atoms with Crippen LogP contribution >= 0.6 is 0 Å². The van der Waals surface area contributed by atoms with E-state index in [9.17, 15) is 4.79 Å². The molecule has 0 unspecified atom stereocenters. The van der Waals surface area contributed by atoms with Gasteiger partial charge < -0.3 is 10.1 Å². The first-order chi connectivity index (χ1) is 9.74. The second-order valence-electron chi connectivity index (χ2n) is 3.99. The number of carboxylic acid groups (broad SMARTS) is 1. The lowest BCUT2D eigenvalue weighted by Gasteiger charge is -1.97. The largest absolute Gasteiger partial charge is 0.478 e. The summed E-state index contributed by atoms with van der Waals surface area (Å²) in [5.74, 6) is -0.181. The van der Waals surface area contributed by atoms with Gasteiger partial charge in [0.15, 0.2) is 0 Å². The third-order valence-corrected chi connectivity index (χ3v) is 2.79. The summed E-state index contributed by atoms with van der Waals surface area (Å²) >= 11 is 0. The smallest absolute Gasteiger partial charge is 0.335 e. The number of nitrogens with zero attached hydrogens (tertiary/aromatic N) is 1. The van der Waals surface area contributed by atoms with Crippen LogP contribution in [0.4, 0.5) is 0 Å². The summed E-state index contributed by atoms with van der Waals surface area (Å²) in [5, 5.41) is 8.84. The van der Waals surface area contributed by atoms with Crippen LogP contribution < -0.4 is 0 Å². The molecule has 1 heterocycles. The highest BCUT2D eigenvalue weighted by atomic mass is 16.4. The Bertz CT molecular complexity index is 682. The van der Waals surface area contributed by atoms with E-state index >= 15 is 0 Å². The van der Waals surface area contributed by atoms with Crippen LogP contribution in [0.5, 0.6) is 0 Å². The second-order valence-corrected chi connectivity index (χ2v) is 3.99. The molecule has 3 rings (SSSR count). The summed E-state index contributed by atoms with van der Waals surface area (Å²) in [6.07, 6.45) is 0. The van der Waals surface area contributed by atoms with E-state index in [0.717, 1.165) is 22.4 Å². The lowest BCUT2D eigenvalue weighted by atomic mass is 10.1. The number of carboxylic acids is 1. The summed E-state index contributed by atoms with van der Waals surface area (Å²) in [4.78, 5) is 18.4. The van der Waals surface area contributed by atoms with Gasteiger partial charge in [0.25, 0.3) is 0 Å². The summed E-state index contributed by atoms with van der Waals surface area (Å²) < 4.78 is 0. The van der Waals surface area contributed by atoms with E-state index in [1.165, 1.54) is 0 Å². The minimum atomic E-state index is -0.925. The van der Waals surface area contributed by atoms with Gasteiger partial charge >= 0.3 is 5.97 Å². The molecule has 0 bridgehead atoms. The molecule has 4 nitrogen and oxygen atoms in total. The van der Waals surface area contributed by atoms with Crippen molar-refractivity contribution in [2.75, 3.05) is 0 Å². The van der Waals surface area contributed by atoms with E-state index in [4.69, 9.17) is 5.11 Å². The van der Waals surface area contributed by atoms with Gasteiger partial charge in [-0.1, -0.05) is 38.1 Å². The fraction of sp³-hybridized carbons (Fsp3) is 0.125. The van der Waals surface area contributed by atoms with Crippen LogP contribution in [0.15, 0.2) is 48.5 Å². The molecule has 2 N–H and O–H groups in total. The first kappa shape index (κ1) is 13.8. The number of carbonyl (C=O) groups is 1. The molecule has 0 saturated carbocycles. The van der Waals surface area contributed by atoms with Crippen molar-refractivity contribution in [1.82, 2.24) is 9.97 Å². The van der Waals surface area contributed by atoms with Crippen LogP contribution in [0.2, 0.25) is 0 Å². The van der Waals surface area contributed by atoms with Gasteiger partial charge in [0, 0.05) is 5.56 Å². The summed E-state index contributed by atoms with van der Waals surface area (Å²) in [5.41, 5.74) is 3.01. The molecule has 3 aromatic rings. The van der Waals surface area contributed by atoms with Gasteiger partial charge in [-0.2, -0.15) is 0 Å². The quantitative estimate of drug-likeness (QED) is 0.739. The maximum atomic E-state index is 10.8. The van der Waals surface area contributed by atoms with Crippen LogP contribution in [0.25, 0.3) is 22.4 Å².